The third kappa shape index (κ3) is 4.82. The zero-order chi connectivity index (χ0) is 27.7. The fourth-order valence-corrected chi connectivity index (χ4v) is 4.91. The van der Waals surface area contributed by atoms with E-state index in [2.05, 4.69) is 21.9 Å². The van der Waals surface area contributed by atoms with Crippen molar-refractivity contribution in [1.29, 1.82) is 5.41 Å². The molecule has 0 bridgehead atoms. The zero-order valence-corrected chi connectivity index (χ0v) is 22.2. The zero-order valence-electron chi connectivity index (χ0n) is 21.4. The SMILES string of the molecule is C=C1c2c(C)cccc2C=C(CNc2ncnc(N)c2C(=N)c2ccc(Cl)c(OC)c2)N1c1ccccc1F. The Balaban J connectivity index is 1.54. The summed E-state index contributed by atoms with van der Waals surface area (Å²) in [5.74, 6) is 0.563. The Morgan fingerprint density at radius 3 is 2.72 bits per heavy atom. The second-order valence-electron chi connectivity index (χ2n) is 8.97. The van der Waals surface area contributed by atoms with Gasteiger partial charge in [-0.1, -0.05) is 54.6 Å². The van der Waals surface area contributed by atoms with Gasteiger partial charge in [-0.15, -0.1) is 0 Å². The van der Waals surface area contributed by atoms with Gasteiger partial charge in [-0.05, 0) is 48.4 Å². The molecule has 5 rings (SSSR count). The van der Waals surface area contributed by atoms with Crippen LogP contribution in [0.5, 0.6) is 5.75 Å². The summed E-state index contributed by atoms with van der Waals surface area (Å²) in [4.78, 5) is 10.3. The number of methoxy groups -OCH3 is 1. The van der Waals surface area contributed by atoms with Gasteiger partial charge in [0.05, 0.1) is 35.6 Å². The molecule has 1 aromatic heterocycles. The lowest BCUT2D eigenvalue weighted by Crippen LogP contribution is -2.29. The number of rotatable bonds is 7. The second-order valence-corrected chi connectivity index (χ2v) is 9.38. The predicted molar refractivity (Wildman–Crippen MR) is 156 cm³/mol. The van der Waals surface area contributed by atoms with Gasteiger partial charge in [0.15, 0.2) is 0 Å². The number of hydrogen-bond acceptors (Lipinski definition) is 7. The van der Waals surface area contributed by atoms with Crippen LogP contribution in [0, 0.1) is 18.2 Å². The van der Waals surface area contributed by atoms with Gasteiger partial charge in [0.2, 0.25) is 0 Å². The summed E-state index contributed by atoms with van der Waals surface area (Å²) in [6.45, 7) is 6.58. The summed E-state index contributed by atoms with van der Waals surface area (Å²) >= 11 is 6.18. The van der Waals surface area contributed by atoms with Crippen LogP contribution in [0.1, 0.15) is 27.8 Å². The molecule has 0 spiro atoms. The number of anilines is 3. The first-order valence-corrected chi connectivity index (χ1v) is 12.5. The first kappa shape index (κ1) is 25.9. The Labute approximate surface area is 230 Å². The van der Waals surface area contributed by atoms with Crippen LogP contribution in [0.3, 0.4) is 0 Å². The smallest absolute Gasteiger partial charge is 0.147 e. The molecule has 1 aliphatic rings. The topological polar surface area (TPSA) is 100 Å². The molecule has 3 aromatic carbocycles. The third-order valence-electron chi connectivity index (χ3n) is 6.57. The average molecular weight is 541 g/mol. The highest BCUT2D eigenvalue weighted by Crippen LogP contribution is 2.39. The van der Waals surface area contributed by atoms with Crippen LogP contribution >= 0.6 is 11.6 Å². The lowest BCUT2D eigenvalue weighted by Gasteiger charge is -2.35. The number of ether oxygens (including phenoxy) is 1. The minimum absolute atomic E-state index is 0.0968. The van der Waals surface area contributed by atoms with E-state index in [-0.39, 0.29) is 23.9 Å². The molecule has 0 atom stereocenters. The molecule has 0 unspecified atom stereocenters. The van der Waals surface area contributed by atoms with Gasteiger partial charge in [-0.2, -0.15) is 0 Å². The van der Waals surface area contributed by atoms with E-state index in [1.807, 2.05) is 31.2 Å². The van der Waals surface area contributed by atoms with Crippen molar-refractivity contribution in [3.8, 4) is 5.75 Å². The van der Waals surface area contributed by atoms with Gasteiger partial charge in [0, 0.05) is 22.5 Å². The highest BCUT2D eigenvalue weighted by molar-refractivity contribution is 6.32. The third-order valence-corrected chi connectivity index (χ3v) is 6.88. The summed E-state index contributed by atoms with van der Waals surface area (Å²) in [5.41, 5.74) is 11.9. The van der Waals surface area contributed by atoms with Crippen molar-refractivity contribution < 1.29 is 9.13 Å². The van der Waals surface area contributed by atoms with E-state index in [9.17, 15) is 0 Å². The van der Waals surface area contributed by atoms with Crippen molar-refractivity contribution in [1.82, 2.24) is 9.97 Å². The highest BCUT2D eigenvalue weighted by Gasteiger charge is 2.27. The fraction of sp³-hybridized carbons (Fsp3) is 0.100. The van der Waals surface area contributed by atoms with Crippen molar-refractivity contribution >= 4 is 46.4 Å². The molecule has 4 aromatic rings. The number of nitrogens with two attached hydrogens (primary N) is 1. The van der Waals surface area contributed by atoms with Gasteiger partial charge in [0.25, 0.3) is 0 Å². The van der Waals surface area contributed by atoms with E-state index < -0.39 is 0 Å². The van der Waals surface area contributed by atoms with Crippen LogP contribution in [0.25, 0.3) is 11.8 Å². The average Bonchev–Trinajstić information content (AvgIpc) is 2.92. The first-order chi connectivity index (χ1) is 18.8. The summed E-state index contributed by atoms with van der Waals surface area (Å²) in [5, 5.41) is 12.6. The van der Waals surface area contributed by atoms with Crippen molar-refractivity contribution in [3.05, 3.63) is 118 Å². The molecular weight excluding hydrogens is 515 g/mol. The van der Waals surface area contributed by atoms with Crippen LogP contribution in [0.15, 0.2) is 79.3 Å². The van der Waals surface area contributed by atoms with E-state index in [1.165, 1.54) is 19.5 Å². The number of aryl methyl sites for hydroxylation is 1. The molecule has 0 saturated carbocycles. The Bertz CT molecular complexity index is 1650. The van der Waals surface area contributed by atoms with E-state index in [1.54, 1.807) is 41.3 Å². The molecule has 0 radical (unpaired) electrons. The quantitative estimate of drug-likeness (QED) is 0.230. The molecule has 1 aliphatic heterocycles. The normalized spacial score (nSPS) is 12.6. The number of benzene rings is 3. The van der Waals surface area contributed by atoms with Crippen LogP contribution in [0.2, 0.25) is 5.02 Å². The summed E-state index contributed by atoms with van der Waals surface area (Å²) in [7, 11) is 1.51. The molecular formula is C30H26ClFN6O. The summed E-state index contributed by atoms with van der Waals surface area (Å²) < 4.78 is 20.4. The molecule has 39 heavy (non-hydrogen) atoms. The molecule has 9 heteroatoms. The molecule has 0 amide bonds. The standard InChI is InChI=1S/C30H26ClFN6O/c1-17-7-6-8-19-13-21(38(18(2)26(17)19)24-10-5-4-9-23(24)32)15-35-30-27(29(34)36-16-37-30)28(33)20-11-12-22(31)25(14-20)39-3/h4-14,16,33H,2,15H2,1,3H3,(H3,34,35,36,37). The second kappa shape index (κ2) is 10.6. The lowest BCUT2D eigenvalue weighted by atomic mass is 9.93. The van der Waals surface area contributed by atoms with Gasteiger partial charge in [-0.3, -0.25) is 5.41 Å². The van der Waals surface area contributed by atoms with E-state index in [0.29, 0.717) is 39.1 Å². The highest BCUT2D eigenvalue weighted by atomic mass is 35.5. The van der Waals surface area contributed by atoms with E-state index >= 15 is 4.39 Å². The lowest BCUT2D eigenvalue weighted by molar-refractivity contribution is 0.415. The number of nitrogen functional groups attached to an aromatic ring is 1. The monoisotopic (exact) mass is 540 g/mol. The largest absolute Gasteiger partial charge is 0.495 e. The number of nitrogens with zero attached hydrogens (tertiary/aromatic N) is 3. The van der Waals surface area contributed by atoms with Crippen molar-refractivity contribution in [3.63, 3.8) is 0 Å². The van der Waals surface area contributed by atoms with Crippen molar-refractivity contribution in [2.24, 2.45) is 0 Å². The van der Waals surface area contributed by atoms with Crippen LogP contribution in [-0.4, -0.2) is 29.3 Å². The minimum Gasteiger partial charge on any atom is -0.495 e. The summed E-state index contributed by atoms with van der Waals surface area (Å²) in [6.07, 6.45) is 3.33. The van der Waals surface area contributed by atoms with E-state index in [0.717, 1.165) is 22.4 Å². The number of para-hydroxylation sites is 1. The molecule has 0 saturated heterocycles. The van der Waals surface area contributed by atoms with Gasteiger partial charge in [-0.25, -0.2) is 14.4 Å². The number of aromatic nitrogens is 2. The van der Waals surface area contributed by atoms with Crippen LogP contribution in [-0.2, 0) is 0 Å². The molecule has 7 nitrogen and oxygen atoms in total. The Hall–Kier alpha value is -4.69. The molecule has 4 N–H and O–H groups in total. The molecule has 0 aliphatic carbocycles. The molecule has 2 heterocycles. The number of nitrogens with one attached hydrogen (secondary N) is 2. The maximum absolute atomic E-state index is 15.0. The van der Waals surface area contributed by atoms with Gasteiger partial charge < -0.3 is 20.7 Å². The van der Waals surface area contributed by atoms with E-state index in [4.69, 9.17) is 27.5 Å². The Morgan fingerprint density at radius 2 is 1.95 bits per heavy atom. The van der Waals surface area contributed by atoms with Gasteiger partial charge >= 0.3 is 0 Å². The maximum Gasteiger partial charge on any atom is 0.147 e. The summed E-state index contributed by atoms with van der Waals surface area (Å²) in [6, 6.07) is 17.6. The number of hydrogen-bond donors (Lipinski definition) is 3. The Kier molecular flexibility index (Phi) is 7.04. The van der Waals surface area contributed by atoms with Crippen LogP contribution in [0.4, 0.5) is 21.7 Å². The minimum atomic E-state index is -0.369. The van der Waals surface area contributed by atoms with Crippen LogP contribution < -0.4 is 20.7 Å². The van der Waals surface area contributed by atoms with Gasteiger partial charge in [0.1, 0.15) is 29.5 Å². The van der Waals surface area contributed by atoms with Crippen molar-refractivity contribution in [2.45, 2.75) is 6.92 Å². The Morgan fingerprint density at radius 1 is 1.15 bits per heavy atom. The first-order valence-electron chi connectivity index (χ1n) is 12.1. The number of fused-ring (bicyclic) bond motifs is 1. The van der Waals surface area contributed by atoms with Crippen molar-refractivity contribution in [2.75, 3.05) is 29.6 Å². The molecule has 0 fully saturated rings. The fourth-order valence-electron chi connectivity index (χ4n) is 4.71. The maximum atomic E-state index is 15.0. The predicted octanol–water partition coefficient (Wildman–Crippen LogP) is 6.53. The number of halogens is 2. The molecule has 196 valence electrons.